The molecule has 1 rings (SSSR count). The molecule has 0 saturated carbocycles. The second-order valence-corrected chi connectivity index (χ2v) is 3.13. The molecule has 0 fully saturated rings. The summed E-state index contributed by atoms with van der Waals surface area (Å²) in [4.78, 5) is 10.3. The maximum absolute atomic E-state index is 10.3. The summed E-state index contributed by atoms with van der Waals surface area (Å²) < 4.78 is 5.60. The van der Waals surface area contributed by atoms with Crippen molar-refractivity contribution in [3.05, 3.63) is 22.7 Å². The van der Waals surface area contributed by atoms with Crippen LogP contribution < -0.4 is 10.1 Å². The molecule has 0 saturated heterocycles. The van der Waals surface area contributed by atoms with Crippen LogP contribution in [0, 0.1) is 0 Å². The minimum Gasteiger partial charge on any atom is -0.497 e. The van der Waals surface area contributed by atoms with E-state index in [0.717, 1.165) is 0 Å². The summed E-state index contributed by atoms with van der Waals surface area (Å²) in [7, 11) is 1.55. The quantitative estimate of drug-likeness (QED) is 0.842. The Hall–Kier alpha value is -1.23. The van der Waals surface area contributed by atoms with E-state index in [0.29, 0.717) is 15.9 Å². The minimum absolute atomic E-state index is 0.494. The fourth-order valence-corrected chi connectivity index (χ4v) is 1.30. The largest absolute Gasteiger partial charge is 0.497 e. The Morgan fingerprint density at radius 3 is 2.77 bits per heavy atom. The van der Waals surface area contributed by atoms with Gasteiger partial charge in [-0.2, -0.15) is 0 Å². The van der Waals surface area contributed by atoms with Crippen LogP contribution >= 0.6 is 15.9 Å². The first-order valence-corrected chi connectivity index (χ1v) is 4.26. The maximum atomic E-state index is 10.3. The van der Waals surface area contributed by atoms with Crippen molar-refractivity contribution >= 4 is 27.7 Å². The number of hydrogen-bond acceptors (Lipinski definition) is 2. The van der Waals surface area contributed by atoms with E-state index in [2.05, 4.69) is 21.2 Å². The lowest BCUT2D eigenvalue weighted by molar-refractivity contribution is 0.209. The summed E-state index contributed by atoms with van der Waals surface area (Å²) in [6, 6.07) is 4.98. The van der Waals surface area contributed by atoms with Crippen LogP contribution in [-0.2, 0) is 0 Å². The summed E-state index contributed by atoms with van der Waals surface area (Å²) in [5.41, 5.74) is 0.494. The number of carbonyl (C=O) groups is 1. The summed E-state index contributed by atoms with van der Waals surface area (Å²) in [5.74, 6) is 0.669. The molecule has 0 unspecified atom stereocenters. The van der Waals surface area contributed by atoms with E-state index in [4.69, 9.17) is 9.84 Å². The molecule has 4 nitrogen and oxygen atoms in total. The zero-order chi connectivity index (χ0) is 9.84. The lowest BCUT2D eigenvalue weighted by Gasteiger charge is -2.05. The molecule has 0 spiro atoms. The molecule has 0 heterocycles. The Labute approximate surface area is 83.6 Å². The Morgan fingerprint density at radius 1 is 1.62 bits per heavy atom. The van der Waals surface area contributed by atoms with Crippen LogP contribution in [-0.4, -0.2) is 18.3 Å². The van der Waals surface area contributed by atoms with Gasteiger partial charge >= 0.3 is 6.09 Å². The van der Waals surface area contributed by atoms with Crippen LogP contribution in [0.4, 0.5) is 10.5 Å². The first-order valence-electron chi connectivity index (χ1n) is 3.47. The molecular weight excluding hydrogens is 238 g/mol. The first-order chi connectivity index (χ1) is 6.13. The van der Waals surface area contributed by atoms with Crippen LogP contribution in [0.5, 0.6) is 5.75 Å². The van der Waals surface area contributed by atoms with E-state index >= 15 is 0 Å². The van der Waals surface area contributed by atoms with Gasteiger partial charge in [0.1, 0.15) is 5.75 Å². The number of benzene rings is 1. The number of nitrogens with one attached hydrogen (secondary N) is 1. The van der Waals surface area contributed by atoms with Crippen LogP contribution in [0.1, 0.15) is 0 Å². The average Bonchev–Trinajstić information content (AvgIpc) is 2.08. The van der Waals surface area contributed by atoms with Gasteiger partial charge < -0.3 is 9.84 Å². The number of hydrogen-bond donors (Lipinski definition) is 2. The standard InChI is InChI=1S/C8H8BrNO3/c1-13-5-2-3-7(6(9)4-5)10-8(11)12/h2-4,10H,1H3,(H,11,12). The zero-order valence-electron chi connectivity index (χ0n) is 6.87. The third kappa shape index (κ3) is 2.62. The van der Waals surface area contributed by atoms with Crippen molar-refractivity contribution in [1.82, 2.24) is 0 Å². The predicted molar refractivity (Wildman–Crippen MR) is 52.3 cm³/mol. The molecule has 0 aromatic heterocycles. The lowest BCUT2D eigenvalue weighted by Crippen LogP contribution is -2.07. The van der Waals surface area contributed by atoms with Crippen LogP contribution in [0.2, 0.25) is 0 Å². The summed E-state index contributed by atoms with van der Waals surface area (Å²) in [6.07, 6.45) is -1.09. The number of ether oxygens (including phenoxy) is 1. The molecule has 0 radical (unpaired) electrons. The average molecular weight is 246 g/mol. The van der Waals surface area contributed by atoms with Gasteiger partial charge in [-0.05, 0) is 34.1 Å². The van der Waals surface area contributed by atoms with E-state index < -0.39 is 6.09 Å². The molecule has 0 aliphatic heterocycles. The summed E-state index contributed by atoms with van der Waals surface area (Å²) in [6.45, 7) is 0. The Kier molecular flexibility index (Phi) is 3.13. The van der Waals surface area contributed by atoms with Crippen LogP contribution in [0.3, 0.4) is 0 Å². The number of methoxy groups -OCH3 is 1. The second-order valence-electron chi connectivity index (χ2n) is 2.28. The second kappa shape index (κ2) is 4.13. The topological polar surface area (TPSA) is 58.6 Å². The van der Waals surface area contributed by atoms with Crippen molar-refractivity contribution in [1.29, 1.82) is 0 Å². The molecule has 2 N–H and O–H groups in total. The molecular formula is C8H8BrNO3. The van der Waals surface area contributed by atoms with Crippen LogP contribution in [0.15, 0.2) is 22.7 Å². The zero-order valence-corrected chi connectivity index (χ0v) is 8.46. The Morgan fingerprint density at radius 2 is 2.31 bits per heavy atom. The van der Waals surface area contributed by atoms with E-state index in [1.165, 1.54) is 0 Å². The van der Waals surface area contributed by atoms with Gasteiger partial charge in [-0.15, -0.1) is 0 Å². The smallest absolute Gasteiger partial charge is 0.409 e. The van der Waals surface area contributed by atoms with Gasteiger partial charge in [0.2, 0.25) is 0 Å². The molecule has 0 atom stereocenters. The predicted octanol–water partition coefficient (Wildman–Crippen LogP) is 2.55. The van der Waals surface area contributed by atoms with E-state index in [1.54, 1.807) is 25.3 Å². The van der Waals surface area contributed by atoms with E-state index in [1.807, 2.05) is 0 Å². The van der Waals surface area contributed by atoms with Gasteiger partial charge in [0.05, 0.1) is 12.8 Å². The van der Waals surface area contributed by atoms with Crippen molar-refractivity contribution in [2.24, 2.45) is 0 Å². The highest BCUT2D eigenvalue weighted by atomic mass is 79.9. The SMILES string of the molecule is COc1ccc(NC(=O)O)c(Br)c1. The van der Waals surface area contributed by atoms with Gasteiger partial charge in [-0.3, -0.25) is 5.32 Å². The Balaban J connectivity index is 2.91. The molecule has 0 bridgehead atoms. The summed E-state index contributed by atoms with van der Waals surface area (Å²) >= 11 is 3.21. The van der Waals surface area contributed by atoms with Crippen molar-refractivity contribution in [3.8, 4) is 5.75 Å². The Bertz CT molecular complexity index is 327. The molecule has 13 heavy (non-hydrogen) atoms. The van der Waals surface area contributed by atoms with Crippen molar-refractivity contribution in [2.75, 3.05) is 12.4 Å². The van der Waals surface area contributed by atoms with Crippen molar-refractivity contribution in [2.45, 2.75) is 0 Å². The van der Waals surface area contributed by atoms with Gasteiger partial charge in [0.15, 0.2) is 0 Å². The van der Waals surface area contributed by atoms with Crippen molar-refractivity contribution in [3.63, 3.8) is 0 Å². The third-order valence-electron chi connectivity index (χ3n) is 1.42. The molecule has 1 aromatic rings. The summed E-state index contributed by atoms with van der Waals surface area (Å²) in [5, 5.41) is 10.7. The molecule has 0 aliphatic rings. The van der Waals surface area contributed by atoms with Gasteiger partial charge in [-0.1, -0.05) is 0 Å². The third-order valence-corrected chi connectivity index (χ3v) is 2.07. The first kappa shape index (κ1) is 9.85. The van der Waals surface area contributed by atoms with Gasteiger partial charge in [-0.25, -0.2) is 4.79 Å². The fraction of sp³-hybridized carbons (Fsp3) is 0.125. The highest BCUT2D eigenvalue weighted by Crippen LogP contribution is 2.26. The molecule has 1 amide bonds. The number of halogens is 1. The molecule has 0 aliphatic carbocycles. The number of rotatable bonds is 2. The van der Waals surface area contributed by atoms with Gasteiger partial charge in [0.25, 0.3) is 0 Å². The van der Waals surface area contributed by atoms with Crippen molar-refractivity contribution < 1.29 is 14.6 Å². The highest BCUT2D eigenvalue weighted by molar-refractivity contribution is 9.10. The normalized spacial score (nSPS) is 9.38. The fourth-order valence-electron chi connectivity index (χ4n) is 0.839. The monoisotopic (exact) mass is 245 g/mol. The highest BCUT2D eigenvalue weighted by Gasteiger charge is 2.03. The van der Waals surface area contributed by atoms with Crippen LogP contribution in [0.25, 0.3) is 0 Å². The maximum Gasteiger partial charge on any atom is 0.409 e. The number of carboxylic acid groups (broad SMARTS) is 1. The minimum atomic E-state index is -1.09. The molecule has 1 aromatic carbocycles. The number of anilines is 1. The van der Waals surface area contributed by atoms with E-state index in [9.17, 15) is 4.79 Å². The molecule has 5 heteroatoms. The molecule has 70 valence electrons. The lowest BCUT2D eigenvalue weighted by atomic mass is 10.3. The van der Waals surface area contributed by atoms with Gasteiger partial charge in [0, 0.05) is 4.47 Å². The number of amides is 1. The van der Waals surface area contributed by atoms with E-state index in [-0.39, 0.29) is 0 Å².